The van der Waals surface area contributed by atoms with Crippen molar-refractivity contribution < 1.29 is 19.1 Å². The number of hydrogen-bond acceptors (Lipinski definition) is 4. The van der Waals surface area contributed by atoms with Crippen molar-refractivity contribution in [3.8, 4) is 5.75 Å². The Morgan fingerprint density at radius 3 is 2.32 bits per heavy atom. The molecule has 6 nitrogen and oxygen atoms in total. The van der Waals surface area contributed by atoms with Crippen LogP contribution in [0.4, 0.5) is 5.69 Å². The predicted octanol–water partition coefficient (Wildman–Crippen LogP) is 4.16. The highest BCUT2D eigenvalue weighted by atomic mass is 35.5. The molecule has 2 aromatic rings. The van der Waals surface area contributed by atoms with Gasteiger partial charge in [-0.1, -0.05) is 23.2 Å². The van der Waals surface area contributed by atoms with E-state index in [0.29, 0.717) is 46.4 Å². The van der Waals surface area contributed by atoms with Gasteiger partial charge < -0.3 is 15.0 Å². The van der Waals surface area contributed by atoms with E-state index >= 15 is 0 Å². The molecular weight excluding hydrogens is 403 g/mol. The van der Waals surface area contributed by atoms with Crippen LogP contribution in [0.2, 0.25) is 10.0 Å². The number of carbonyl (C=O) groups is 3. The molecule has 1 saturated heterocycles. The molecule has 0 spiro atoms. The molecule has 28 heavy (non-hydrogen) atoms. The van der Waals surface area contributed by atoms with Crippen molar-refractivity contribution >= 4 is 46.7 Å². The summed E-state index contributed by atoms with van der Waals surface area (Å²) in [4.78, 5) is 38.0. The van der Waals surface area contributed by atoms with Gasteiger partial charge in [0.25, 0.3) is 5.91 Å². The third-order valence-corrected chi connectivity index (χ3v) is 4.72. The predicted molar refractivity (Wildman–Crippen MR) is 107 cm³/mol. The lowest BCUT2D eigenvalue weighted by Crippen LogP contribution is -2.42. The largest absolute Gasteiger partial charge is 0.425 e. The maximum absolute atomic E-state index is 12.8. The van der Waals surface area contributed by atoms with Crippen LogP contribution < -0.4 is 10.1 Å². The third kappa shape index (κ3) is 4.82. The second kappa shape index (κ2) is 8.63. The Bertz CT molecular complexity index is 895. The molecule has 0 aliphatic carbocycles. The van der Waals surface area contributed by atoms with E-state index in [0.717, 1.165) is 0 Å². The summed E-state index contributed by atoms with van der Waals surface area (Å²) in [5.74, 6) is -0.675. The number of amides is 2. The monoisotopic (exact) mass is 420 g/mol. The van der Waals surface area contributed by atoms with E-state index < -0.39 is 12.0 Å². The first-order valence-electron chi connectivity index (χ1n) is 8.70. The highest BCUT2D eigenvalue weighted by molar-refractivity contribution is 6.35. The van der Waals surface area contributed by atoms with Crippen molar-refractivity contribution in [3.05, 3.63) is 58.1 Å². The Kier molecular flexibility index (Phi) is 6.21. The first-order chi connectivity index (χ1) is 13.3. The first-order valence-corrected chi connectivity index (χ1v) is 9.45. The van der Waals surface area contributed by atoms with Crippen LogP contribution in [0, 0.1) is 0 Å². The number of nitrogens with zero attached hydrogens (tertiary/aromatic N) is 1. The molecule has 1 aliphatic rings. The number of anilines is 1. The summed E-state index contributed by atoms with van der Waals surface area (Å²) in [6.45, 7) is 1.86. The minimum Gasteiger partial charge on any atom is -0.425 e. The van der Waals surface area contributed by atoms with Crippen molar-refractivity contribution in [1.82, 2.24) is 4.90 Å². The minimum atomic E-state index is -0.680. The summed E-state index contributed by atoms with van der Waals surface area (Å²) in [7, 11) is 0. The van der Waals surface area contributed by atoms with Crippen LogP contribution in [0.3, 0.4) is 0 Å². The van der Waals surface area contributed by atoms with E-state index in [4.69, 9.17) is 27.9 Å². The fourth-order valence-electron chi connectivity index (χ4n) is 3.09. The number of esters is 1. The highest BCUT2D eigenvalue weighted by Crippen LogP contribution is 2.26. The second-order valence-corrected chi connectivity index (χ2v) is 7.31. The molecule has 8 heteroatoms. The van der Waals surface area contributed by atoms with Crippen LogP contribution in [0.1, 0.15) is 30.1 Å². The number of hydrogen-bond donors (Lipinski definition) is 1. The molecule has 0 saturated carbocycles. The zero-order chi connectivity index (χ0) is 20.3. The van der Waals surface area contributed by atoms with Crippen LogP contribution in [-0.2, 0) is 9.59 Å². The van der Waals surface area contributed by atoms with Gasteiger partial charge in [0.2, 0.25) is 5.91 Å². The molecule has 146 valence electrons. The number of benzene rings is 2. The summed E-state index contributed by atoms with van der Waals surface area (Å²) in [6.07, 6.45) is 1.21. The Balaban J connectivity index is 1.70. The third-order valence-electron chi connectivity index (χ3n) is 4.29. The van der Waals surface area contributed by atoms with Crippen LogP contribution >= 0.6 is 23.2 Å². The molecule has 3 rings (SSSR count). The maximum atomic E-state index is 12.8. The van der Waals surface area contributed by atoms with Gasteiger partial charge in [-0.3, -0.25) is 9.59 Å². The minimum absolute atomic E-state index is 0.189. The van der Waals surface area contributed by atoms with Gasteiger partial charge in [0.1, 0.15) is 11.8 Å². The molecule has 1 fully saturated rings. The van der Waals surface area contributed by atoms with Gasteiger partial charge in [-0.2, -0.15) is 0 Å². The maximum Gasteiger partial charge on any atom is 0.334 e. The molecular formula is C20H18Cl2N2O4. The summed E-state index contributed by atoms with van der Waals surface area (Å²) in [5.41, 5.74) is 0.930. The van der Waals surface area contributed by atoms with E-state index in [2.05, 4.69) is 5.32 Å². The summed E-state index contributed by atoms with van der Waals surface area (Å²) >= 11 is 12.0. The molecule has 2 amide bonds. The Morgan fingerprint density at radius 2 is 1.71 bits per heavy atom. The number of nitrogens with one attached hydrogen (secondary N) is 1. The molecule has 1 heterocycles. The fourth-order valence-corrected chi connectivity index (χ4v) is 3.62. The smallest absolute Gasteiger partial charge is 0.334 e. The van der Waals surface area contributed by atoms with Gasteiger partial charge in [0.15, 0.2) is 0 Å². The van der Waals surface area contributed by atoms with Gasteiger partial charge in [-0.05, 0) is 55.3 Å². The van der Waals surface area contributed by atoms with E-state index in [9.17, 15) is 14.4 Å². The normalized spacial score (nSPS) is 16.0. The number of halogens is 2. The van der Waals surface area contributed by atoms with E-state index in [-0.39, 0.29) is 11.8 Å². The van der Waals surface area contributed by atoms with Crippen LogP contribution in [-0.4, -0.2) is 35.3 Å². The Morgan fingerprint density at radius 1 is 1.07 bits per heavy atom. The topological polar surface area (TPSA) is 75.7 Å². The standard InChI is InChI=1S/C20H18Cl2N2O4/c1-12(25)23-16-4-6-17(7-5-16)28-20(27)18-3-2-8-24(18)19(26)13-9-14(21)11-15(22)10-13/h4-7,9-11,18H,2-3,8H2,1H3,(H,23,25). The molecule has 2 aromatic carbocycles. The highest BCUT2D eigenvalue weighted by Gasteiger charge is 2.36. The summed E-state index contributed by atoms with van der Waals surface area (Å²) < 4.78 is 5.42. The van der Waals surface area contributed by atoms with Gasteiger partial charge in [0.05, 0.1) is 0 Å². The zero-order valence-electron chi connectivity index (χ0n) is 15.1. The zero-order valence-corrected chi connectivity index (χ0v) is 16.6. The molecule has 0 aromatic heterocycles. The van der Waals surface area contributed by atoms with Crippen molar-refractivity contribution in [2.45, 2.75) is 25.8 Å². The van der Waals surface area contributed by atoms with Gasteiger partial charge >= 0.3 is 5.97 Å². The molecule has 1 N–H and O–H groups in total. The van der Waals surface area contributed by atoms with Crippen LogP contribution in [0.5, 0.6) is 5.75 Å². The van der Waals surface area contributed by atoms with Crippen molar-refractivity contribution in [2.24, 2.45) is 0 Å². The molecule has 1 atom stereocenters. The first kappa shape index (κ1) is 20.2. The average molecular weight is 421 g/mol. The van der Waals surface area contributed by atoms with Gasteiger partial charge in [0, 0.05) is 34.8 Å². The molecule has 0 radical (unpaired) electrons. The second-order valence-electron chi connectivity index (χ2n) is 6.44. The Hall–Kier alpha value is -2.57. The summed E-state index contributed by atoms with van der Waals surface area (Å²) in [5, 5.41) is 3.35. The number of rotatable bonds is 4. The molecule has 1 aliphatic heterocycles. The van der Waals surface area contributed by atoms with E-state index in [1.807, 2.05) is 0 Å². The average Bonchev–Trinajstić information content (AvgIpc) is 3.11. The quantitative estimate of drug-likeness (QED) is 0.594. The SMILES string of the molecule is CC(=O)Nc1ccc(OC(=O)C2CCCN2C(=O)c2cc(Cl)cc(Cl)c2)cc1. The van der Waals surface area contributed by atoms with Gasteiger partial charge in [-0.25, -0.2) is 4.79 Å². The van der Waals surface area contributed by atoms with Crippen LogP contribution in [0.25, 0.3) is 0 Å². The van der Waals surface area contributed by atoms with Gasteiger partial charge in [-0.15, -0.1) is 0 Å². The number of carbonyl (C=O) groups excluding carboxylic acids is 3. The number of ether oxygens (including phenoxy) is 1. The number of likely N-dealkylation sites (tertiary alicyclic amines) is 1. The lowest BCUT2D eigenvalue weighted by molar-refractivity contribution is -0.138. The summed E-state index contributed by atoms with van der Waals surface area (Å²) in [6, 6.07) is 10.3. The molecule has 1 unspecified atom stereocenters. The molecule has 0 bridgehead atoms. The lowest BCUT2D eigenvalue weighted by atomic mass is 10.1. The Labute approximate surface area is 172 Å². The van der Waals surface area contributed by atoms with Crippen molar-refractivity contribution in [1.29, 1.82) is 0 Å². The fraction of sp³-hybridized carbons (Fsp3) is 0.250. The van der Waals surface area contributed by atoms with E-state index in [1.165, 1.54) is 24.0 Å². The van der Waals surface area contributed by atoms with Crippen molar-refractivity contribution in [2.75, 3.05) is 11.9 Å². The van der Waals surface area contributed by atoms with Crippen molar-refractivity contribution in [3.63, 3.8) is 0 Å². The van der Waals surface area contributed by atoms with Crippen LogP contribution in [0.15, 0.2) is 42.5 Å². The van der Waals surface area contributed by atoms with E-state index in [1.54, 1.807) is 30.3 Å². The lowest BCUT2D eigenvalue weighted by Gasteiger charge is -2.23.